The van der Waals surface area contributed by atoms with Crippen LogP contribution >= 0.6 is 0 Å². The molecule has 0 bridgehead atoms. The van der Waals surface area contributed by atoms with E-state index in [2.05, 4.69) is 6.07 Å². The van der Waals surface area contributed by atoms with Crippen LogP contribution < -0.4 is 9.47 Å². The number of rotatable bonds is 4. The Labute approximate surface area is 100 Å². The van der Waals surface area contributed by atoms with E-state index in [-0.39, 0.29) is 6.79 Å². The van der Waals surface area contributed by atoms with E-state index >= 15 is 0 Å². The summed E-state index contributed by atoms with van der Waals surface area (Å²) in [7, 11) is 0. The maximum atomic E-state index is 8.95. The summed E-state index contributed by atoms with van der Waals surface area (Å²) >= 11 is 0. The summed E-state index contributed by atoms with van der Waals surface area (Å²) in [6.45, 7) is 3.09. The molecule has 0 fully saturated rings. The van der Waals surface area contributed by atoms with Crippen LogP contribution in [0.5, 0.6) is 11.5 Å². The van der Waals surface area contributed by atoms with Gasteiger partial charge < -0.3 is 14.2 Å². The summed E-state index contributed by atoms with van der Waals surface area (Å²) in [4.78, 5) is 0. The second-order valence-corrected chi connectivity index (χ2v) is 3.53. The van der Waals surface area contributed by atoms with E-state index in [1.807, 2.05) is 25.1 Å². The summed E-state index contributed by atoms with van der Waals surface area (Å²) in [5.41, 5.74) is 1.50. The van der Waals surface area contributed by atoms with Crippen molar-refractivity contribution in [2.75, 3.05) is 20.0 Å². The molecule has 1 aliphatic heterocycles. The molecule has 0 aliphatic carbocycles. The van der Waals surface area contributed by atoms with Gasteiger partial charge in [-0.05, 0) is 30.7 Å². The second-order valence-electron chi connectivity index (χ2n) is 3.53. The Morgan fingerprint density at radius 2 is 2.29 bits per heavy atom. The van der Waals surface area contributed by atoms with Gasteiger partial charge in [-0.1, -0.05) is 6.07 Å². The number of nitriles is 1. The number of hydrogen-bond acceptors (Lipinski definition) is 4. The average Bonchev–Trinajstić information content (AvgIpc) is 2.81. The normalized spacial score (nSPS) is 13.5. The first-order valence-corrected chi connectivity index (χ1v) is 5.41. The van der Waals surface area contributed by atoms with Crippen molar-refractivity contribution in [2.45, 2.75) is 6.92 Å². The van der Waals surface area contributed by atoms with Crippen LogP contribution in [0.2, 0.25) is 0 Å². The van der Waals surface area contributed by atoms with Gasteiger partial charge >= 0.3 is 0 Å². The van der Waals surface area contributed by atoms with Crippen LogP contribution in [0.1, 0.15) is 12.5 Å². The van der Waals surface area contributed by atoms with Gasteiger partial charge in [0.05, 0.1) is 18.2 Å². The number of fused-ring (bicyclic) bond motifs is 1. The predicted molar refractivity (Wildman–Crippen MR) is 62.6 cm³/mol. The molecular formula is C13H13NO3. The molecule has 0 aromatic heterocycles. The molecule has 0 saturated carbocycles. The highest BCUT2D eigenvalue weighted by atomic mass is 16.7. The van der Waals surface area contributed by atoms with Gasteiger partial charge in [-0.2, -0.15) is 5.26 Å². The van der Waals surface area contributed by atoms with Crippen LogP contribution in [0.3, 0.4) is 0 Å². The Kier molecular flexibility index (Phi) is 3.63. The van der Waals surface area contributed by atoms with Crippen molar-refractivity contribution >= 4 is 6.08 Å². The number of hydrogen-bond donors (Lipinski definition) is 0. The van der Waals surface area contributed by atoms with Crippen molar-refractivity contribution in [3.05, 3.63) is 29.3 Å². The van der Waals surface area contributed by atoms with E-state index in [9.17, 15) is 0 Å². The van der Waals surface area contributed by atoms with Crippen LogP contribution in [-0.4, -0.2) is 20.0 Å². The minimum atomic E-state index is 0.257. The highest BCUT2D eigenvalue weighted by molar-refractivity contribution is 5.61. The van der Waals surface area contributed by atoms with E-state index < -0.39 is 0 Å². The average molecular weight is 231 g/mol. The third kappa shape index (κ3) is 2.77. The molecular weight excluding hydrogens is 218 g/mol. The molecule has 1 aromatic carbocycles. The first-order chi connectivity index (χ1) is 8.33. The predicted octanol–water partition coefficient (Wildman–Crippen LogP) is 2.36. The molecule has 0 amide bonds. The summed E-state index contributed by atoms with van der Waals surface area (Å²) in [5, 5.41) is 8.95. The third-order valence-electron chi connectivity index (χ3n) is 2.34. The molecule has 0 radical (unpaired) electrons. The van der Waals surface area contributed by atoms with Crippen LogP contribution in [-0.2, 0) is 4.74 Å². The van der Waals surface area contributed by atoms with E-state index in [1.54, 1.807) is 6.08 Å². The topological polar surface area (TPSA) is 51.5 Å². The number of nitrogens with zero attached hydrogens (tertiary/aromatic N) is 1. The smallest absolute Gasteiger partial charge is 0.231 e. The summed E-state index contributed by atoms with van der Waals surface area (Å²) in [6, 6.07) is 7.69. The van der Waals surface area contributed by atoms with Gasteiger partial charge in [0.1, 0.15) is 0 Å². The van der Waals surface area contributed by atoms with E-state index in [4.69, 9.17) is 19.5 Å². The summed E-state index contributed by atoms with van der Waals surface area (Å²) < 4.78 is 15.7. The third-order valence-corrected chi connectivity index (χ3v) is 2.34. The molecule has 88 valence electrons. The molecule has 0 spiro atoms. The number of benzene rings is 1. The Balaban J connectivity index is 2.17. The van der Waals surface area contributed by atoms with Crippen LogP contribution in [0.15, 0.2) is 23.8 Å². The Morgan fingerprint density at radius 1 is 1.47 bits per heavy atom. The van der Waals surface area contributed by atoms with Crippen LogP contribution in [0.25, 0.3) is 6.08 Å². The Hall–Kier alpha value is -1.99. The van der Waals surface area contributed by atoms with Gasteiger partial charge in [-0.15, -0.1) is 0 Å². The second kappa shape index (κ2) is 5.37. The van der Waals surface area contributed by atoms with Gasteiger partial charge in [0, 0.05) is 6.61 Å². The monoisotopic (exact) mass is 231 g/mol. The van der Waals surface area contributed by atoms with Gasteiger partial charge in [-0.3, -0.25) is 0 Å². The lowest BCUT2D eigenvalue weighted by molar-refractivity contribution is 0.173. The lowest BCUT2D eigenvalue weighted by Crippen LogP contribution is -1.95. The fourth-order valence-corrected chi connectivity index (χ4v) is 1.52. The SMILES string of the molecule is CCOC/C(C#N)=C\c1ccc2c(c1)OCO2. The molecule has 0 N–H and O–H groups in total. The molecule has 17 heavy (non-hydrogen) atoms. The fourth-order valence-electron chi connectivity index (χ4n) is 1.52. The Bertz CT molecular complexity index is 474. The zero-order valence-corrected chi connectivity index (χ0v) is 9.60. The van der Waals surface area contributed by atoms with Crippen LogP contribution in [0.4, 0.5) is 0 Å². The minimum Gasteiger partial charge on any atom is -0.454 e. The van der Waals surface area contributed by atoms with Crippen molar-refractivity contribution in [1.29, 1.82) is 5.26 Å². The van der Waals surface area contributed by atoms with Gasteiger partial charge in [0.2, 0.25) is 6.79 Å². The van der Waals surface area contributed by atoms with E-state index in [0.717, 1.165) is 11.3 Å². The quantitative estimate of drug-likeness (QED) is 0.746. The fraction of sp³-hybridized carbons (Fsp3) is 0.308. The van der Waals surface area contributed by atoms with Crippen molar-refractivity contribution in [3.63, 3.8) is 0 Å². The molecule has 0 saturated heterocycles. The molecule has 1 aliphatic rings. The number of ether oxygens (including phenoxy) is 3. The minimum absolute atomic E-state index is 0.257. The molecule has 0 atom stereocenters. The van der Waals surface area contributed by atoms with Gasteiger partial charge in [0.25, 0.3) is 0 Å². The van der Waals surface area contributed by atoms with E-state index in [1.165, 1.54) is 0 Å². The zero-order valence-electron chi connectivity index (χ0n) is 9.60. The highest BCUT2D eigenvalue weighted by Gasteiger charge is 2.12. The van der Waals surface area contributed by atoms with Crippen molar-refractivity contribution in [2.24, 2.45) is 0 Å². The summed E-state index contributed by atoms with van der Waals surface area (Å²) in [6.07, 6.45) is 1.79. The van der Waals surface area contributed by atoms with Crippen molar-refractivity contribution in [3.8, 4) is 17.6 Å². The maximum Gasteiger partial charge on any atom is 0.231 e. The summed E-state index contributed by atoms with van der Waals surface area (Å²) in [5.74, 6) is 1.46. The molecule has 4 heteroatoms. The van der Waals surface area contributed by atoms with Crippen molar-refractivity contribution in [1.82, 2.24) is 0 Å². The van der Waals surface area contributed by atoms with Crippen LogP contribution in [0, 0.1) is 11.3 Å². The lowest BCUT2D eigenvalue weighted by atomic mass is 10.1. The molecule has 2 rings (SSSR count). The largest absolute Gasteiger partial charge is 0.454 e. The molecule has 4 nitrogen and oxygen atoms in total. The molecule has 1 aromatic rings. The maximum absolute atomic E-state index is 8.95. The first kappa shape index (κ1) is 11.5. The Morgan fingerprint density at radius 3 is 3.06 bits per heavy atom. The highest BCUT2D eigenvalue weighted by Crippen LogP contribution is 2.33. The standard InChI is InChI=1S/C13H13NO3/c1-2-15-8-11(7-14)5-10-3-4-12-13(6-10)17-9-16-12/h3-6H,2,8-9H2,1H3/b11-5-. The molecule has 1 heterocycles. The van der Waals surface area contributed by atoms with Gasteiger partial charge in [0.15, 0.2) is 11.5 Å². The first-order valence-electron chi connectivity index (χ1n) is 5.41. The van der Waals surface area contributed by atoms with E-state index in [0.29, 0.717) is 24.5 Å². The zero-order chi connectivity index (χ0) is 12.1. The molecule has 0 unspecified atom stereocenters. The van der Waals surface area contributed by atoms with Crippen molar-refractivity contribution < 1.29 is 14.2 Å². The van der Waals surface area contributed by atoms with Gasteiger partial charge in [-0.25, -0.2) is 0 Å². The lowest BCUT2D eigenvalue weighted by Gasteiger charge is -2.01.